The third-order valence-corrected chi connectivity index (χ3v) is 5.20. The standard InChI is InChI=1S/C14H25N3O2S/c1-2-8-15-10-13-9-14(11-16-13)20(18,19)17-12-6-4-3-5-7-12/h9,11-12,15-17H,2-8,10H2,1H3. The van der Waals surface area contributed by atoms with Crippen molar-refractivity contribution in [1.82, 2.24) is 15.0 Å². The lowest BCUT2D eigenvalue weighted by molar-refractivity contribution is 0.412. The molecule has 3 N–H and O–H groups in total. The molecule has 1 aliphatic carbocycles. The van der Waals surface area contributed by atoms with Crippen LogP contribution in [0.4, 0.5) is 0 Å². The Bertz CT molecular complexity index is 504. The minimum atomic E-state index is -3.38. The zero-order valence-electron chi connectivity index (χ0n) is 12.1. The van der Waals surface area contributed by atoms with E-state index in [9.17, 15) is 8.42 Å². The second-order valence-electron chi connectivity index (χ2n) is 5.49. The van der Waals surface area contributed by atoms with E-state index in [2.05, 4.69) is 21.9 Å². The summed E-state index contributed by atoms with van der Waals surface area (Å²) in [5.41, 5.74) is 0.905. The predicted molar refractivity (Wildman–Crippen MR) is 80.0 cm³/mol. The van der Waals surface area contributed by atoms with Crippen LogP contribution in [0.5, 0.6) is 0 Å². The molecule has 0 aliphatic heterocycles. The van der Waals surface area contributed by atoms with Crippen molar-refractivity contribution in [3.63, 3.8) is 0 Å². The summed E-state index contributed by atoms with van der Waals surface area (Å²) in [5, 5.41) is 3.25. The highest BCUT2D eigenvalue weighted by Crippen LogP contribution is 2.20. The first-order chi connectivity index (χ1) is 9.62. The Balaban J connectivity index is 1.94. The SMILES string of the molecule is CCCNCc1cc(S(=O)(=O)NC2CCCCC2)c[nH]1. The molecule has 2 rings (SSSR count). The van der Waals surface area contributed by atoms with Gasteiger partial charge < -0.3 is 10.3 Å². The molecule has 1 saturated carbocycles. The van der Waals surface area contributed by atoms with Gasteiger partial charge in [-0.1, -0.05) is 26.2 Å². The molecule has 1 fully saturated rings. The van der Waals surface area contributed by atoms with Crippen LogP contribution >= 0.6 is 0 Å². The molecule has 6 heteroatoms. The summed E-state index contributed by atoms with van der Waals surface area (Å²) >= 11 is 0. The molecule has 1 aromatic rings. The van der Waals surface area contributed by atoms with Gasteiger partial charge in [-0.25, -0.2) is 13.1 Å². The number of rotatable bonds is 7. The molecule has 0 atom stereocenters. The van der Waals surface area contributed by atoms with Gasteiger partial charge in [-0.2, -0.15) is 0 Å². The van der Waals surface area contributed by atoms with E-state index in [0.717, 1.165) is 44.3 Å². The average molecular weight is 299 g/mol. The maximum Gasteiger partial charge on any atom is 0.242 e. The van der Waals surface area contributed by atoms with Gasteiger partial charge in [-0.05, 0) is 31.9 Å². The van der Waals surface area contributed by atoms with Crippen LogP contribution in [0.3, 0.4) is 0 Å². The van der Waals surface area contributed by atoms with Gasteiger partial charge in [0, 0.05) is 24.5 Å². The number of aromatic amines is 1. The maximum atomic E-state index is 12.3. The van der Waals surface area contributed by atoms with E-state index in [1.807, 2.05) is 0 Å². The van der Waals surface area contributed by atoms with Crippen LogP contribution in [-0.2, 0) is 16.6 Å². The minimum absolute atomic E-state index is 0.102. The number of hydrogen-bond donors (Lipinski definition) is 3. The molecule has 114 valence electrons. The van der Waals surface area contributed by atoms with Crippen LogP contribution < -0.4 is 10.0 Å². The smallest absolute Gasteiger partial charge is 0.242 e. The lowest BCUT2D eigenvalue weighted by Crippen LogP contribution is -2.35. The molecule has 1 aromatic heterocycles. The third kappa shape index (κ3) is 4.33. The van der Waals surface area contributed by atoms with Gasteiger partial charge in [-0.15, -0.1) is 0 Å². The van der Waals surface area contributed by atoms with E-state index in [0.29, 0.717) is 11.4 Å². The summed E-state index contributed by atoms with van der Waals surface area (Å²) < 4.78 is 27.4. The molecule has 1 aliphatic rings. The fourth-order valence-electron chi connectivity index (χ4n) is 2.58. The van der Waals surface area contributed by atoms with E-state index >= 15 is 0 Å². The quantitative estimate of drug-likeness (QED) is 0.675. The monoisotopic (exact) mass is 299 g/mol. The van der Waals surface area contributed by atoms with Gasteiger partial charge in [0.15, 0.2) is 0 Å². The fraction of sp³-hybridized carbons (Fsp3) is 0.714. The van der Waals surface area contributed by atoms with Gasteiger partial charge in [0.25, 0.3) is 0 Å². The summed E-state index contributed by atoms with van der Waals surface area (Å²) in [7, 11) is -3.38. The summed E-state index contributed by atoms with van der Waals surface area (Å²) in [6.07, 6.45) is 8.00. The Morgan fingerprint density at radius 1 is 1.30 bits per heavy atom. The second-order valence-corrected chi connectivity index (χ2v) is 7.21. The summed E-state index contributed by atoms with van der Waals surface area (Å²) in [5.74, 6) is 0. The Kier molecular flexibility index (Phi) is 5.63. The van der Waals surface area contributed by atoms with Crippen LogP contribution in [0.2, 0.25) is 0 Å². The van der Waals surface area contributed by atoms with Crippen molar-refractivity contribution in [2.24, 2.45) is 0 Å². The van der Waals surface area contributed by atoms with Crippen molar-refractivity contribution in [2.75, 3.05) is 6.54 Å². The molecule has 0 radical (unpaired) electrons. The van der Waals surface area contributed by atoms with Crippen molar-refractivity contribution >= 4 is 10.0 Å². The van der Waals surface area contributed by atoms with Crippen LogP contribution in [0.1, 0.15) is 51.1 Å². The third-order valence-electron chi connectivity index (χ3n) is 3.70. The van der Waals surface area contributed by atoms with Gasteiger partial charge in [-0.3, -0.25) is 0 Å². The van der Waals surface area contributed by atoms with Crippen LogP contribution in [-0.4, -0.2) is 26.0 Å². The van der Waals surface area contributed by atoms with Crippen LogP contribution in [0.25, 0.3) is 0 Å². The molecule has 0 bridgehead atoms. The molecule has 20 heavy (non-hydrogen) atoms. The number of aromatic nitrogens is 1. The molecule has 0 aromatic carbocycles. The van der Waals surface area contributed by atoms with Crippen molar-refractivity contribution in [2.45, 2.75) is 62.9 Å². The summed E-state index contributed by atoms with van der Waals surface area (Å²) in [4.78, 5) is 3.37. The molecular weight excluding hydrogens is 274 g/mol. The normalized spacial score (nSPS) is 17.4. The number of H-pyrrole nitrogens is 1. The first-order valence-corrected chi connectivity index (χ1v) is 9.00. The molecule has 5 nitrogen and oxygen atoms in total. The second kappa shape index (κ2) is 7.24. The first kappa shape index (κ1) is 15.5. The molecule has 0 saturated heterocycles. The summed E-state index contributed by atoms with van der Waals surface area (Å²) in [6.45, 7) is 3.71. The van der Waals surface area contributed by atoms with E-state index < -0.39 is 10.0 Å². The van der Waals surface area contributed by atoms with E-state index in [-0.39, 0.29) is 6.04 Å². The van der Waals surface area contributed by atoms with Crippen molar-refractivity contribution in [3.05, 3.63) is 18.0 Å². The lowest BCUT2D eigenvalue weighted by atomic mass is 9.96. The predicted octanol–water partition coefficient (Wildman–Crippen LogP) is 2.13. The molecule has 0 unspecified atom stereocenters. The Morgan fingerprint density at radius 2 is 2.05 bits per heavy atom. The van der Waals surface area contributed by atoms with Crippen molar-refractivity contribution in [1.29, 1.82) is 0 Å². The van der Waals surface area contributed by atoms with Gasteiger partial charge in [0.05, 0.1) is 4.90 Å². The maximum absolute atomic E-state index is 12.3. The van der Waals surface area contributed by atoms with E-state index in [1.165, 1.54) is 6.42 Å². The lowest BCUT2D eigenvalue weighted by Gasteiger charge is -2.22. The first-order valence-electron chi connectivity index (χ1n) is 7.52. The summed E-state index contributed by atoms with van der Waals surface area (Å²) in [6, 6.07) is 1.82. The van der Waals surface area contributed by atoms with Crippen LogP contribution in [0.15, 0.2) is 17.2 Å². The van der Waals surface area contributed by atoms with E-state index in [1.54, 1.807) is 12.3 Å². The highest BCUT2D eigenvalue weighted by molar-refractivity contribution is 7.89. The topological polar surface area (TPSA) is 74.0 Å². The zero-order valence-corrected chi connectivity index (χ0v) is 12.9. The average Bonchev–Trinajstić information content (AvgIpc) is 2.89. The molecule has 0 spiro atoms. The Hall–Kier alpha value is -0.850. The Morgan fingerprint density at radius 3 is 2.75 bits per heavy atom. The minimum Gasteiger partial charge on any atom is -0.363 e. The largest absolute Gasteiger partial charge is 0.363 e. The van der Waals surface area contributed by atoms with Gasteiger partial charge in [0.2, 0.25) is 10.0 Å². The highest BCUT2D eigenvalue weighted by atomic mass is 32.2. The molecule has 1 heterocycles. The molecular formula is C14H25N3O2S. The number of nitrogens with one attached hydrogen (secondary N) is 3. The van der Waals surface area contributed by atoms with Crippen LogP contribution in [0, 0.1) is 0 Å². The van der Waals surface area contributed by atoms with Crippen molar-refractivity contribution in [3.8, 4) is 0 Å². The van der Waals surface area contributed by atoms with Crippen molar-refractivity contribution < 1.29 is 8.42 Å². The Labute approximate surface area is 121 Å². The number of sulfonamides is 1. The zero-order chi connectivity index (χ0) is 14.4. The van der Waals surface area contributed by atoms with E-state index in [4.69, 9.17) is 0 Å². The molecule has 0 amide bonds. The number of hydrogen-bond acceptors (Lipinski definition) is 3. The van der Waals surface area contributed by atoms with Gasteiger partial charge >= 0.3 is 0 Å². The fourth-order valence-corrected chi connectivity index (χ4v) is 3.91. The highest BCUT2D eigenvalue weighted by Gasteiger charge is 2.22. The van der Waals surface area contributed by atoms with Gasteiger partial charge in [0.1, 0.15) is 0 Å².